The number of aryl methyl sites for hydroxylation is 1. The molecule has 1 heterocycles. The summed E-state index contributed by atoms with van der Waals surface area (Å²) >= 11 is 0. The predicted octanol–water partition coefficient (Wildman–Crippen LogP) is 3.34. The van der Waals surface area contributed by atoms with Crippen LogP contribution in [0.25, 0.3) is 0 Å². The fourth-order valence-corrected chi connectivity index (χ4v) is 2.14. The van der Waals surface area contributed by atoms with Crippen molar-refractivity contribution >= 4 is 5.91 Å². The number of carbonyl (C=O) groups is 1. The van der Waals surface area contributed by atoms with Crippen LogP contribution in [0.3, 0.4) is 0 Å². The number of carbonyl (C=O) groups excluding carboxylic acids is 1. The molecule has 4 heteroatoms. The average molecular weight is 298 g/mol. The lowest BCUT2D eigenvalue weighted by Crippen LogP contribution is -2.37. The van der Waals surface area contributed by atoms with E-state index in [4.69, 9.17) is 4.74 Å². The monoisotopic (exact) mass is 298 g/mol. The Morgan fingerprint density at radius 3 is 2.64 bits per heavy atom. The molecule has 116 valence electrons. The van der Waals surface area contributed by atoms with Gasteiger partial charge in [0.25, 0.3) is 5.91 Å². The normalized spacial score (nSPS) is 13.3. The van der Waals surface area contributed by atoms with E-state index in [-0.39, 0.29) is 11.9 Å². The molecule has 0 bridgehead atoms. The minimum Gasteiger partial charge on any atom is -0.481 e. The molecule has 1 aromatic carbocycles. The van der Waals surface area contributed by atoms with Gasteiger partial charge in [-0.25, -0.2) is 0 Å². The summed E-state index contributed by atoms with van der Waals surface area (Å²) < 4.78 is 5.80. The van der Waals surface area contributed by atoms with Crippen molar-refractivity contribution in [2.45, 2.75) is 39.8 Å². The lowest BCUT2D eigenvalue weighted by atomic mass is 10.1. The van der Waals surface area contributed by atoms with Crippen LogP contribution in [0.15, 0.2) is 42.7 Å². The second-order valence-corrected chi connectivity index (χ2v) is 5.47. The topological polar surface area (TPSA) is 51.2 Å². The van der Waals surface area contributed by atoms with Crippen LogP contribution in [0, 0.1) is 13.8 Å². The van der Waals surface area contributed by atoms with Gasteiger partial charge in [-0.3, -0.25) is 9.78 Å². The molecular formula is C18H22N2O2. The maximum Gasteiger partial charge on any atom is 0.261 e. The van der Waals surface area contributed by atoms with Gasteiger partial charge in [0.15, 0.2) is 6.10 Å². The third-order valence-electron chi connectivity index (χ3n) is 3.77. The summed E-state index contributed by atoms with van der Waals surface area (Å²) in [7, 11) is 0. The molecule has 0 spiro atoms. The maximum absolute atomic E-state index is 12.3. The van der Waals surface area contributed by atoms with E-state index >= 15 is 0 Å². The third-order valence-corrected chi connectivity index (χ3v) is 3.77. The molecule has 0 radical (unpaired) electrons. The van der Waals surface area contributed by atoms with E-state index < -0.39 is 6.10 Å². The van der Waals surface area contributed by atoms with Gasteiger partial charge in [-0.2, -0.15) is 0 Å². The summed E-state index contributed by atoms with van der Waals surface area (Å²) in [6.45, 7) is 7.71. The first-order valence-electron chi connectivity index (χ1n) is 7.42. The molecule has 2 rings (SSSR count). The van der Waals surface area contributed by atoms with E-state index in [9.17, 15) is 4.79 Å². The maximum atomic E-state index is 12.3. The van der Waals surface area contributed by atoms with Crippen LogP contribution < -0.4 is 10.1 Å². The molecule has 0 saturated carbocycles. The molecule has 0 aliphatic carbocycles. The number of hydrogen-bond donors (Lipinski definition) is 1. The molecule has 1 amide bonds. The van der Waals surface area contributed by atoms with Gasteiger partial charge in [0, 0.05) is 12.4 Å². The molecule has 2 atom stereocenters. The van der Waals surface area contributed by atoms with Crippen LogP contribution in [-0.2, 0) is 4.79 Å². The van der Waals surface area contributed by atoms with Crippen LogP contribution in [0.2, 0.25) is 0 Å². The van der Waals surface area contributed by atoms with Gasteiger partial charge >= 0.3 is 0 Å². The zero-order valence-corrected chi connectivity index (χ0v) is 13.5. The Bertz CT molecular complexity index is 641. The second-order valence-electron chi connectivity index (χ2n) is 5.47. The predicted molar refractivity (Wildman–Crippen MR) is 86.8 cm³/mol. The van der Waals surface area contributed by atoms with Crippen molar-refractivity contribution in [3.63, 3.8) is 0 Å². The molecule has 2 aromatic rings. The third kappa shape index (κ3) is 3.85. The van der Waals surface area contributed by atoms with Crippen LogP contribution in [0.1, 0.15) is 36.6 Å². The lowest BCUT2D eigenvalue weighted by Gasteiger charge is -2.20. The second kappa shape index (κ2) is 7.07. The highest BCUT2D eigenvalue weighted by Crippen LogP contribution is 2.22. The summed E-state index contributed by atoms with van der Waals surface area (Å²) in [5.74, 6) is 0.606. The Morgan fingerprint density at radius 1 is 1.18 bits per heavy atom. The fraction of sp³-hybridized carbons (Fsp3) is 0.333. The van der Waals surface area contributed by atoms with Gasteiger partial charge in [0.2, 0.25) is 0 Å². The van der Waals surface area contributed by atoms with Crippen LogP contribution in [0.5, 0.6) is 5.75 Å². The van der Waals surface area contributed by atoms with Crippen LogP contribution >= 0.6 is 0 Å². The Hall–Kier alpha value is -2.36. The number of benzene rings is 1. The Balaban J connectivity index is 1.99. The number of nitrogens with zero attached hydrogens (tertiary/aromatic N) is 1. The first-order valence-corrected chi connectivity index (χ1v) is 7.42. The van der Waals surface area contributed by atoms with E-state index in [1.807, 2.05) is 51.1 Å². The summed E-state index contributed by atoms with van der Waals surface area (Å²) in [4.78, 5) is 16.3. The van der Waals surface area contributed by atoms with Gasteiger partial charge in [0.05, 0.1) is 6.04 Å². The van der Waals surface area contributed by atoms with E-state index in [1.165, 1.54) is 0 Å². The largest absolute Gasteiger partial charge is 0.481 e. The highest BCUT2D eigenvalue weighted by atomic mass is 16.5. The van der Waals surface area contributed by atoms with E-state index in [0.717, 1.165) is 22.4 Å². The first kappa shape index (κ1) is 16.0. The van der Waals surface area contributed by atoms with Crippen molar-refractivity contribution in [1.82, 2.24) is 10.3 Å². The minimum atomic E-state index is -0.556. The van der Waals surface area contributed by atoms with Crippen molar-refractivity contribution in [3.05, 3.63) is 59.4 Å². The number of aromatic nitrogens is 1. The van der Waals surface area contributed by atoms with Gasteiger partial charge in [-0.15, -0.1) is 0 Å². The molecule has 1 aromatic heterocycles. The highest BCUT2D eigenvalue weighted by molar-refractivity contribution is 5.81. The molecule has 0 aliphatic heterocycles. The van der Waals surface area contributed by atoms with Gasteiger partial charge in [-0.1, -0.05) is 18.2 Å². The number of amides is 1. The van der Waals surface area contributed by atoms with Crippen molar-refractivity contribution in [1.29, 1.82) is 0 Å². The summed E-state index contributed by atoms with van der Waals surface area (Å²) in [6, 6.07) is 9.53. The number of hydrogen-bond acceptors (Lipinski definition) is 3. The van der Waals surface area contributed by atoms with Crippen LogP contribution in [-0.4, -0.2) is 17.0 Å². The minimum absolute atomic E-state index is 0.106. The first-order chi connectivity index (χ1) is 10.5. The molecule has 22 heavy (non-hydrogen) atoms. The molecule has 0 aliphatic rings. The van der Waals surface area contributed by atoms with Crippen LogP contribution in [0.4, 0.5) is 0 Å². The number of nitrogens with one attached hydrogen (secondary N) is 1. The average Bonchev–Trinajstić information content (AvgIpc) is 2.52. The Labute approximate surface area is 131 Å². The fourth-order valence-electron chi connectivity index (χ4n) is 2.14. The zero-order chi connectivity index (χ0) is 16.1. The number of rotatable bonds is 5. The molecule has 4 nitrogen and oxygen atoms in total. The number of pyridine rings is 1. The van der Waals surface area contributed by atoms with E-state index in [2.05, 4.69) is 10.3 Å². The molecule has 1 N–H and O–H groups in total. The smallest absolute Gasteiger partial charge is 0.261 e. The SMILES string of the molecule is Cc1cccc(OC(C)C(=O)NC(C)c2cccnc2)c1C. The van der Waals surface area contributed by atoms with E-state index in [0.29, 0.717) is 0 Å². The molecular weight excluding hydrogens is 276 g/mol. The quantitative estimate of drug-likeness (QED) is 0.921. The highest BCUT2D eigenvalue weighted by Gasteiger charge is 2.18. The van der Waals surface area contributed by atoms with E-state index in [1.54, 1.807) is 19.3 Å². The summed E-state index contributed by atoms with van der Waals surface area (Å²) in [5.41, 5.74) is 3.17. The van der Waals surface area contributed by atoms with Crippen molar-refractivity contribution < 1.29 is 9.53 Å². The zero-order valence-electron chi connectivity index (χ0n) is 13.5. The van der Waals surface area contributed by atoms with Crippen molar-refractivity contribution in [2.24, 2.45) is 0 Å². The molecule has 0 fully saturated rings. The Kier molecular flexibility index (Phi) is 5.15. The summed E-state index contributed by atoms with van der Waals surface area (Å²) in [6.07, 6.45) is 2.91. The molecule has 0 saturated heterocycles. The Morgan fingerprint density at radius 2 is 1.95 bits per heavy atom. The van der Waals surface area contributed by atoms with Gasteiger partial charge in [0.1, 0.15) is 5.75 Å². The van der Waals surface area contributed by atoms with Gasteiger partial charge in [-0.05, 0) is 56.5 Å². The lowest BCUT2D eigenvalue weighted by molar-refractivity contribution is -0.127. The standard InChI is InChI=1S/C18H22N2O2/c1-12-7-5-9-17(13(12)2)22-15(4)18(21)20-14(3)16-8-6-10-19-11-16/h5-11,14-15H,1-4H3,(H,20,21). The molecule has 2 unspecified atom stereocenters. The number of ether oxygens (including phenoxy) is 1. The summed E-state index contributed by atoms with van der Waals surface area (Å²) in [5, 5.41) is 2.95. The van der Waals surface area contributed by atoms with Gasteiger partial charge < -0.3 is 10.1 Å². The van der Waals surface area contributed by atoms with Crippen molar-refractivity contribution in [3.8, 4) is 5.75 Å². The van der Waals surface area contributed by atoms with Crippen molar-refractivity contribution in [2.75, 3.05) is 0 Å².